The molecule has 0 unspecified atom stereocenters. The minimum Gasteiger partial charge on any atom is -0.494 e. The second-order valence-electron chi connectivity index (χ2n) is 8.58. The maximum atomic E-state index is 10.6. The van der Waals surface area contributed by atoms with Crippen molar-refractivity contribution >= 4 is 18.0 Å². The molecule has 36 heavy (non-hydrogen) atoms. The largest absolute Gasteiger partial charge is 0.494 e. The third-order valence-corrected chi connectivity index (χ3v) is 6.38. The number of nitrogens with one attached hydrogen (secondary N) is 1. The Morgan fingerprint density at radius 2 is 1.61 bits per heavy atom. The van der Waals surface area contributed by atoms with Gasteiger partial charge in [-0.15, -0.1) is 13.2 Å². The number of allylic oxidation sites excluding steroid dienone is 2. The van der Waals surface area contributed by atoms with E-state index in [2.05, 4.69) is 34.9 Å². The Kier molecular flexibility index (Phi) is 24.7. The zero-order valence-electron chi connectivity index (χ0n) is 22.5. The molecule has 3 N–H and O–H groups in total. The van der Waals surface area contributed by atoms with E-state index in [1.54, 1.807) is 18.9 Å². The fourth-order valence-corrected chi connectivity index (χ4v) is 4.51. The highest BCUT2D eigenvalue weighted by molar-refractivity contribution is 7.97. The second-order valence-corrected chi connectivity index (χ2v) is 9.75. The summed E-state index contributed by atoms with van der Waals surface area (Å²) < 4.78 is 8.16. The van der Waals surface area contributed by atoms with Crippen LogP contribution in [0.2, 0.25) is 0 Å². The number of hydrogen-bond acceptors (Lipinski definition) is 5. The SMILES string of the molecule is C1CCCC1.C=CCCCCOc1cccc(SN(CCCCC=C)CCCNC(=O)O)c1.CCO. The number of hydrogen-bond donors (Lipinski definition) is 3. The molecule has 0 aliphatic heterocycles. The first kappa shape index (κ1) is 34.0. The first-order valence-electron chi connectivity index (χ1n) is 13.5. The smallest absolute Gasteiger partial charge is 0.404 e. The number of benzene rings is 1. The predicted molar refractivity (Wildman–Crippen MR) is 154 cm³/mol. The Morgan fingerprint density at radius 1 is 1.03 bits per heavy atom. The molecule has 1 saturated carbocycles. The molecule has 0 spiro atoms. The molecule has 6 nitrogen and oxygen atoms in total. The molecule has 0 saturated heterocycles. The molecule has 1 fully saturated rings. The van der Waals surface area contributed by atoms with Crippen LogP contribution >= 0.6 is 11.9 Å². The van der Waals surface area contributed by atoms with Gasteiger partial charge in [-0.3, -0.25) is 0 Å². The zero-order valence-corrected chi connectivity index (χ0v) is 23.3. The van der Waals surface area contributed by atoms with Crippen molar-refractivity contribution < 1.29 is 19.7 Å². The lowest BCUT2D eigenvalue weighted by molar-refractivity contribution is 0.194. The first-order chi connectivity index (χ1) is 17.6. The minimum atomic E-state index is -0.969. The van der Waals surface area contributed by atoms with Crippen LogP contribution in [0.1, 0.15) is 84.0 Å². The predicted octanol–water partition coefficient (Wildman–Crippen LogP) is 7.69. The lowest BCUT2D eigenvalue weighted by Gasteiger charge is -2.21. The van der Waals surface area contributed by atoms with E-state index >= 15 is 0 Å². The molecule has 0 radical (unpaired) electrons. The van der Waals surface area contributed by atoms with Gasteiger partial charge in [-0.1, -0.05) is 50.3 Å². The van der Waals surface area contributed by atoms with Crippen LogP contribution in [0.15, 0.2) is 54.5 Å². The van der Waals surface area contributed by atoms with Crippen LogP contribution in [0.3, 0.4) is 0 Å². The molecule has 0 heterocycles. The Balaban J connectivity index is 0.00000130. The van der Waals surface area contributed by atoms with Crippen LogP contribution in [0.5, 0.6) is 5.75 Å². The number of rotatable bonds is 17. The van der Waals surface area contributed by atoms with Crippen molar-refractivity contribution in [2.24, 2.45) is 0 Å². The number of carboxylic acid groups (broad SMARTS) is 1. The van der Waals surface area contributed by atoms with Gasteiger partial charge in [0.1, 0.15) is 5.75 Å². The maximum Gasteiger partial charge on any atom is 0.404 e. The average molecular weight is 523 g/mol. The molecular formula is C29H50N2O4S. The lowest BCUT2D eigenvalue weighted by atomic mass is 10.2. The van der Waals surface area contributed by atoms with Crippen LogP contribution < -0.4 is 10.1 Å². The van der Waals surface area contributed by atoms with Crippen molar-refractivity contribution in [3.8, 4) is 5.75 Å². The molecule has 0 aromatic heterocycles. The van der Waals surface area contributed by atoms with Crippen molar-refractivity contribution in [2.45, 2.75) is 88.9 Å². The highest BCUT2D eigenvalue weighted by atomic mass is 32.2. The second kappa shape index (κ2) is 26.1. The topological polar surface area (TPSA) is 82.0 Å². The monoisotopic (exact) mass is 522 g/mol. The molecule has 1 aromatic carbocycles. The summed E-state index contributed by atoms with van der Waals surface area (Å²) in [4.78, 5) is 11.7. The van der Waals surface area contributed by atoms with Crippen LogP contribution in [0.25, 0.3) is 0 Å². The molecule has 1 aromatic rings. The van der Waals surface area contributed by atoms with E-state index in [1.807, 2.05) is 24.3 Å². The zero-order chi connectivity index (χ0) is 26.7. The Labute approximate surface area is 224 Å². The summed E-state index contributed by atoms with van der Waals surface area (Å²) in [6, 6.07) is 8.16. The van der Waals surface area contributed by atoms with Gasteiger partial charge in [-0.25, -0.2) is 9.10 Å². The summed E-state index contributed by atoms with van der Waals surface area (Å²) in [5, 5.41) is 18.7. The van der Waals surface area contributed by atoms with E-state index in [1.165, 1.54) is 32.1 Å². The van der Waals surface area contributed by atoms with E-state index in [0.29, 0.717) is 13.2 Å². The molecule has 1 aliphatic carbocycles. The number of amides is 1. The van der Waals surface area contributed by atoms with Gasteiger partial charge in [0, 0.05) is 31.1 Å². The number of carbonyl (C=O) groups is 1. The molecular weight excluding hydrogens is 472 g/mol. The number of unbranched alkanes of at least 4 members (excludes halogenated alkanes) is 4. The standard InChI is InChI=1S/C22H34N2O3S.C5H10.C2H6O/c1-3-5-7-9-16-24(17-12-15-23-22(25)26)28-21-14-11-13-20(19-21)27-18-10-8-6-4-2;1-2-4-5-3-1;1-2-3/h3-4,11,13-14,19,23H,1-2,5-10,12,15-18H2,(H,25,26);1-5H2;3H,2H2,1H3. The van der Waals surface area contributed by atoms with Crippen molar-refractivity contribution in [1.82, 2.24) is 9.62 Å². The minimum absolute atomic E-state index is 0.250. The fourth-order valence-electron chi connectivity index (χ4n) is 3.47. The lowest BCUT2D eigenvalue weighted by Crippen LogP contribution is -2.26. The normalized spacial score (nSPS) is 12.1. The Morgan fingerprint density at radius 3 is 2.19 bits per heavy atom. The highest BCUT2D eigenvalue weighted by Gasteiger charge is 2.08. The van der Waals surface area contributed by atoms with Crippen LogP contribution in [0, 0.1) is 0 Å². The molecule has 206 valence electrons. The van der Waals surface area contributed by atoms with E-state index in [0.717, 1.165) is 68.7 Å². The maximum absolute atomic E-state index is 10.6. The molecule has 2 rings (SSSR count). The number of ether oxygens (including phenoxy) is 1. The molecule has 0 atom stereocenters. The van der Waals surface area contributed by atoms with Crippen molar-refractivity contribution in [3.05, 3.63) is 49.6 Å². The molecule has 1 amide bonds. The Hall–Kier alpha value is -1.96. The number of aliphatic hydroxyl groups excluding tert-OH is 1. The van der Waals surface area contributed by atoms with Gasteiger partial charge in [0.2, 0.25) is 0 Å². The summed E-state index contributed by atoms with van der Waals surface area (Å²) in [7, 11) is 0. The van der Waals surface area contributed by atoms with Gasteiger partial charge < -0.3 is 20.3 Å². The summed E-state index contributed by atoms with van der Waals surface area (Å²) in [6.45, 7) is 12.4. The van der Waals surface area contributed by atoms with Crippen molar-refractivity contribution in [2.75, 3.05) is 32.8 Å². The van der Waals surface area contributed by atoms with Crippen molar-refractivity contribution in [1.29, 1.82) is 0 Å². The summed E-state index contributed by atoms with van der Waals surface area (Å²) in [5.74, 6) is 0.891. The van der Waals surface area contributed by atoms with E-state index in [9.17, 15) is 4.79 Å². The molecule has 7 heteroatoms. The molecule has 1 aliphatic rings. The average Bonchev–Trinajstić information content (AvgIpc) is 3.45. The molecule has 0 bridgehead atoms. The van der Waals surface area contributed by atoms with Gasteiger partial charge in [-0.05, 0) is 82.0 Å². The van der Waals surface area contributed by atoms with Gasteiger partial charge in [0.25, 0.3) is 0 Å². The van der Waals surface area contributed by atoms with Crippen LogP contribution in [0.4, 0.5) is 4.79 Å². The number of aliphatic hydroxyl groups is 1. The summed E-state index contributed by atoms with van der Waals surface area (Å²) in [5.41, 5.74) is 0. The first-order valence-corrected chi connectivity index (χ1v) is 14.3. The quantitative estimate of drug-likeness (QED) is 0.110. The summed E-state index contributed by atoms with van der Waals surface area (Å²) in [6.07, 6.45) is 17.6. The van der Waals surface area contributed by atoms with Gasteiger partial charge in [0.15, 0.2) is 0 Å². The fraction of sp³-hybridized carbons (Fsp3) is 0.621. The highest BCUT2D eigenvalue weighted by Crippen LogP contribution is 2.27. The third kappa shape index (κ3) is 22.5. The van der Waals surface area contributed by atoms with E-state index < -0.39 is 6.09 Å². The van der Waals surface area contributed by atoms with E-state index in [-0.39, 0.29) is 6.61 Å². The number of nitrogens with zero attached hydrogens (tertiary/aromatic N) is 1. The van der Waals surface area contributed by atoms with Gasteiger partial charge in [-0.2, -0.15) is 0 Å². The van der Waals surface area contributed by atoms with E-state index in [4.69, 9.17) is 14.9 Å². The van der Waals surface area contributed by atoms with Crippen LogP contribution in [-0.2, 0) is 0 Å². The van der Waals surface area contributed by atoms with Crippen LogP contribution in [-0.4, -0.2) is 53.5 Å². The Bertz CT molecular complexity index is 661. The van der Waals surface area contributed by atoms with Gasteiger partial charge >= 0.3 is 6.09 Å². The summed E-state index contributed by atoms with van der Waals surface area (Å²) >= 11 is 1.71. The van der Waals surface area contributed by atoms with Gasteiger partial charge in [0.05, 0.1) is 6.61 Å². The third-order valence-electron chi connectivity index (χ3n) is 5.29. The van der Waals surface area contributed by atoms with Crippen molar-refractivity contribution in [3.63, 3.8) is 0 Å².